The molecule has 5 nitrogen and oxygen atoms in total. The minimum Gasteiger partial charge on any atom is -0.481 e. The summed E-state index contributed by atoms with van der Waals surface area (Å²) in [5.74, 6) is -2.50. The van der Waals surface area contributed by atoms with Gasteiger partial charge in [-0.25, -0.2) is 0 Å². The summed E-state index contributed by atoms with van der Waals surface area (Å²) in [6, 6.07) is -1.29. The zero-order valence-corrected chi connectivity index (χ0v) is 6.26. The Morgan fingerprint density at radius 2 is 1.80 bits per heavy atom. The molecule has 0 bridgehead atoms. The molecule has 0 rings (SSSR count). The van der Waals surface area contributed by atoms with Crippen LogP contribution in [0.5, 0.6) is 0 Å². The van der Waals surface area contributed by atoms with Gasteiger partial charge >= 0.3 is 11.9 Å². The molecule has 0 aliphatic carbocycles. The van der Waals surface area contributed by atoms with Crippen LogP contribution in [0.4, 0.5) is 0 Å². The number of rotatable bonds is 3. The Balaban J connectivity index is 0. The minimum atomic E-state index is -1.29. The van der Waals surface area contributed by atoms with Gasteiger partial charge < -0.3 is 15.9 Å². The number of carboxylic acid groups (broad SMARTS) is 2. The van der Waals surface area contributed by atoms with Crippen molar-refractivity contribution in [3.05, 3.63) is 0 Å². The van der Waals surface area contributed by atoms with E-state index in [-0.39, 0.29) is 17.4 Å². The van der Waals surface area contributed by atoms with E-state index in [0.717, 1.165) is 0 Å². The molecule has 0 aromatic rings. The van der Waals surface area contributed by atoms with E-state index in [1.807, 2.05) is 0 Å². The fourth-order valence-electron chi connectivity index (χ4n) is 0.275. The van der Waals surface area contributed by atoms with Crippen LogP contribution in [0.3, 0.4) is 0 Å². The maximum Gasteiger partial charge on any atom is 0.321 e. The predicted octanol–water partition coefficient (Wildman–Crippen LogP) is -1.13. The standard InChI is InChI=1S/C4H7NO4.Cr/c5-2(4(8)9)1-3(6)7;/h2H,1,5H2,(H,6,7)(H,8,9);/t2-;/m0./s1. The van der Waals surface area contributed by atoms with Crippen LogP contribution in [0.2, 0.25) is 0 Å². The first-order valence-electron chi connectivity index (χ1n) is 2.24. The van der Waals surface area contributed by atoms with Gasteiger partial charge in [0.15, 0.2) is 0 Å². The number of hydrogen-bond donors (Lipinski definition) is 3. The van der Waals surface area contributed by atoms with Crippen LogP contribution in [-0.4, -0.2) is 28.2 Å². The van der Waals surface area contributed by atoms with Crippen molar-refractivity contribution in [1.82, 2.24) is 0 Å². The maximum absolute atomic E-state index is 9.85. The van der Waals surface area contributed by atoms with Crippen molar-refractivity contribution >= 4 is 11.9 Å². The zero-order valence-electron chi connectivity index (χ0n) is 4.98. The smallest absolute Gasteiger partial charge is 0.321 e. The molecule has 0 spiro atoms. The Morgan fingerprint density at radius 3 is 1.90 bits per heavy atom. The van der Waals surface area contributed by atoms with E-state index in [4.69, 9.17) is 15.9 Å². The second-order valence-electron chi connectivity index (χ2n) is 1.54. The monoisotopic (exact) mass is 185 g/mol. The van der Waals surface area contributed by atoms with Gasteiger partial charge in [-0.3, -0.25) is 9.59 Å². The van der Waals surface area contributed by atoms with Crippen molar-refractivity contribution < 1.29 is 37.2 Å². The van der Waals surface area contributed by atoms with Gasteiger partial charge in [0.1, 0.15) is 6.04 Å². The molecule has 0 fully saturated rings. The third-order valence-corrected chi connectivity index (χ3v) is 0.712. The summed E-state index contributed by atoms with van der Waals surface area (Å²) in [4.78, 5) is 19.6. The fraction of sp³-hybridized carbons (Fsp3) is 0.500. The third kappa shape index (κ3) is 5.57. The topological polar surface area (TPSA) is 101 Å². The Bertz CT molecular complexity index is 137. The number of nitrogens with two attached hydrogens (primary N) is 1. The molecular formula is C4H7CrNO4. The summed E-state index contributed by atoms with van der Waals surface area (Å²) in [6.45, 7) is 0. The van der Waals surface area contributed by atoms with E-state index in [2.05, 4.69) is 0 Å². The Hall–Kier alpha value is -0.568. The number of carbonyl (C=O) groups is 2. The third-order valence-electron chi connectivity index (χ3n) is 0.712. The molecule has 4 N–H and O–H groups in total. The first-order chi connectivity index (χ1) is 4.04. The van der Waals surface area contributed by atoms with Crippen LogP contribution in [0.1, 0.15) is 6.42 Å². The second-order valence-corrected chi connectivity index (χ2v) is 1.54. The molecule has 1 atom stereocenters. The summed E-state index contributed by atoms with van der Waals surface area (Å²) in [6.07, 6.45) is -0.532. The molecule has 0 aliphatic rings. The molecule has 0 amide bonds. The summed E-state index contributed by atoms with van der Waals surface area (Å²) in [5, 5.41) is 16.0. The first-order valence-corrected chi connectivity index (χ1v) is 2.24. The average molecular weight is 185 g/mol. The Kier molecular flexibility index (Phi) is 6.36. The van der Waals surface area contributed by atoms with Crippen LogP contribution < -0.4 is 5.73 Å². The summed E-state index contributed by atoms with van der Waals surface area (Å²) < 4.78 is 0. The molecule has 58 valence electrons. The summed E-state index contributed by atoms with van der Waals surface area (Å²) >= 11 is 0. The normalized spacial score (nSPS) is 11.3. The SMILES string of the molecule is N[C@@H](CC(=O)O)C(=O)O.[Cr]. The molecule has 0 radical (unpaired) electrons. The summed E-state index contributed by atoms with van der Waals surface area (Å²) in [7, 11) is 0. The molecule has 0 saturated heterocycles. The van der Waals surface area contributed by atoms with E-state index < -0.39 is 24.4 Å². The van der Waals surface area contributed by atoms with Gasteiger partial charge in [-0.1, -0.05) is 0 Å². The maximum atomic E-state index is 9.85. The van der Waals surface area contributed by atoms with Crippen LogP contribution in [0.15, 0.2) is 0 Å². The van der Waals surface area contributed by atoms with Gasteiger partial charge in [-0.05, 0) is 0 Å². The van der Waals surface area contributed by atoms with Crippen LogP contribution in [0, 0.1) is 0 Å². The van der Waals surface area contributed by atoms with Crippen molar-refractivity contribution in [1.29, 1.82) is 0 Å². The number of carboxylic acids is 2. The fourth-order valence-corrected chi connectivity index (χ4v) is 0.275. The van der Waals surface area contributed by atoms with Gasteiger partial charge in [-0.15, -0.1) is 0 Å². The summed E-state index contributed by atoms with van der Waals surface area (Å²) in [5.41, 5.74) is 4.84. The molecule has 0 unspecified atom stereocenters. The second kappa shape index (κ2) is 5.24. The molecule has 10 heavy (non-hydrogen) atoms. The largest absolute Gasteiger partial charge is 0.481 e. The average Bonchev–Trinajstić information content (AvgIpc) is 1.63. The van der Waals surface area contributed by atoms with E-state index in [0.29, 0.717) is 0 Å². The van der Waals surface area contributed by atoms with Crippen molar-refractivity contribution in [3.8, 4) is 0 Å². The van der Waals surface area contributed by atoms with Gasteiger partial charge in [0, 0.05) is 17.4 Å². The Labute approximate surface area is 68.0 Å². The van der Waals surface area contributed by atoms with E-state index in [1.54, 1.807) is 0 Å². The van der Waals surface area contributed by atoms with Crippen molar-refractivity contribution in [2.24, 2.45) is 5.73 Å². The first kappa shape index (κ1) is 12.1. The zero-order chi connectivity index (χ0) is 7.44. The van der Waals surface area contributed by atoms with Gasteiger partial charge in [0.05, 0.1) is 6.42 Å². The van der Waals surface area contributed by atoms with Crippen LogP contribution in [0.25, 0.3) is 0 Å². The molecule has 0 aromatic heterocycles. The predicted molar refractivity (Wildman–Crippen MR) is 27.9 cm³/mol. The van der Waals surface area contributed by atoms with Gasteiger partial charge in [-0.2, -0.15) is 0 Å². The Morgan fingerprint density at radius 1 is 1.40 bits per heavy atom. The quantitative estimate of drug-likeness (QED) is 0.516. The van der Waals surface area contributed by atoms with Crippen molar-refractivity contribution in [3.63, 3.8) is 0 Å². The van der Waals surface area contributed by atoms with E-state index in [9.17, 15) is 9.59 Å². The van der Waals surface area contributed by atoms with Crippen molar-refractivity contribution in [2.75, 3.05) is 0 Å². The molecule has 0 heterocycles. The molecule has 0 saturated carbocycles. The van der Waals surface area contributed by atoms with Crippen molar-refractivity contribution in [2.45, 2.75) is 12.5 Å². The van der Waals surface area contributed by atoms with Crippen LogP contribution >= 0.6 is 0 Å². The van der Waals surface area contributed by atoms with E-state index in [1.165, 1.54) is 0 Å². The van der Waals surface area contributed by atoms with Gasteiger partial charge in [0.25, 0.3) is 0 Å². The molecule has 0 aliphatic heterocycles. The molecule has 6 heteroatoms. The molecule has 0 aromatic carbocycles. The molecular weight excluding hydrogens is 178 g/mol. The van der Waals surface area contributed by atoms with E-state index >= 15 is 0 Å². The number of hydrogen-bond acceptors (Lipinski definition) is 3. The van der Waals surface area contributed by atoms with Gasteiger partial charge in [0.2, 0.25) is 0 Å². The van der Waals surface area contributed by atoms with Crippen LogP contribution in [-0.2, 0) is 27.0 Å². The number of aliphatic carboxylic acids is 2. The minimum absolute atomic E-state index is 0.